The van der Waals surface area contributed by atoms with E-state index in [4.69, 9.17) is 9.97 Å². The summed E-state index contributed by atoms with van der Waals surface area (Å²) in [6.45, 7) is 6.33. The Morgan fingerprint density at radius 1 is 1.00 bits per heavy atom. The molecule has 1 fully saturated rings. The van der Waals surface area contributed by atoms with Gasteiger partial charge in [0, 0.05) is 69.3 Å². The zero-order valence-corrected chi connectivity index (χ0v) is 20.1. The average Bonchev–Trinajstić information content (AvgIpc) is 3.41. The lowest BCUT2D eigenvalue weighted by atomic mass is 10.1. The van der Waals surface area contributed by atoms with Gasteiger partial charge in [0.2, 0.25) is 0 Å². The van der Waals surface area contributed by atoms with Crippen LogP contribution in [0.25, 0.3) is 22.3 Å². The Morgan fingerprint density at radius 3 is 2.60 bits per heavy atom. The molecule has 1 saturated heterocycles. The number of carbonyl (C=O) groups is 1. The van der Waals surface area contributed by atoms with E-state index in [1.807, 2.05) is 47.2 Å². The summed E-state index contributed by atoms with van der Waals surface area (Å²) in [7, 11) is 2.16. The summed E-state index contributed by atoms with van der Waals surface area (Å²) in [6.07, 6.45) is 6.30. The molecule has 0 saturated carbocycles. The number of carbonyl (C=O) groups excluding carboxylic acids is 1. The molecule has 0 bridgehead atoms. The number of aromatic nitrogens is 4. The highest BCUT2D eigenvalue weighted by Crippen LogP contribution is 2.25. The molecule has 8 nitrogen and oxygen atoms in total. The van der Waals surface area contributed by atoms with Gasteiger partial charge in [0.05, 0.1) is 28.7 Å². The predicted octanol–water partition coefficient (Wildman–Crippen LogP) is 3.06. The molecule has 8 heteroatoms. The highest BCUT2D eigenvalue weighted by molar-refractivity contribution is 5.97. The molecule has 3 heterocycles. The first-order chi connectivity index (χ1) is 17.2. The normalized spacial score (nSPS) is 14.9. The maximum absolute atomic E-state index is 12.8. The van der Waals surface area contributed by atoms with Gasteiger partial charge in [0.1, 0.15) is 0 Å². The van der Waals surface area contributed by atoms with Crippen LogP contribution in [-0.4, -0.2) is 75.0 Å². The maximum Gasteiger partial charge on any atom is 0.251 e. The van der Waals surface area contributed by atoms with E-state index in [0.29, 0.717) is 12.1 Å². The largest absolute Gasteiger partial charge is 0.352 e. The van der Waals surface area contributed by atoms with Crippen LogP contribution in [0.1, 0.15) is 22.5 Å². The predicted molar refractivity (Wildman–Crippen MR) is 137 cm³/mol. The van der Waals surface area contributed by atoms with Crippen LogP contribution < -0.4 is 5.32 Å². The third-order valence-electron chi connectivity index (χ3n) is 6.45. The van der Waals surface area contributed by atoms with Gasteiger partial charge in [0.15, 0.2) is 0 Å². The number of nitrogens with one attached hydrogen (secondary N) is 1. The van der Waals surface area contributed by atoms with E-state index in [0.717, 1.165) is 73.7 Å². The number of piperazine rings is 1. The first-order valence-corrected chi connectivity index (χ1v) is 12.2. The summed E-state index contributed by atoms with van der Waals surface area (Å²) in [5.74, 6) is -0.0953. The van der Waals surface area contributed by atoms with Crippen molar-refractivity contribution in [3.8, 4) is 11.3 Å². The van der Waals surface area contributed by atoms with Crippen LogP contribution in [0.4, 0.5) is 0 Å². The second-order valence-corrected chi connectivity index (χ2v) is 9.08. The zero-order chi connectivity index (χ0) is 24.0. The van der Waals surface area contributed by atoms with Gasteiger partial charge in [-0.2, -0.15) is 0 Å². The summed E-state index contributed by atoms with van der Waals surface area (Å²) >= 11 is 0. The molecule has 0 aliphatic carbocycles. The molecule has 0 spiro atoms. The second kappa shape index (κ2) is 10.8. The molecule has 2 aromatic heterocycles. The minimum atomic E-state index is -0.0953. The fourth-order valence-corrected chi connectivity index (χ4v) is 4.37. The van der Waals surface area contributed by atoms with E-state index in [-0.39, 0.29) is 5.91 Å². The molecule has 1 aliphatic heterocycles. The Morgan fingerprint density at radius 2 is 1.83 bits per heavy atom. The highest BCUT2D eigenvalue weighted by Gasteiger charge is 2.19. The quantitative estimate of drug-likeness (QED) is 0.400. The first-order valence-electron chi connectivity index (χ1n) is 12.2. The summed E-state index contributed by atoms with van der Waals surface area (Å²) in [5, 5.41) is 3.01. The Kier molecular flexibility index (Phi) is 7.11. The molecule has 1 aliphatic rings. The molecule has 1 N–H and O–H groups in total. The number of amides is 1. The Hall–Kier alpha value is -3.62. The Balaban J connectivity index is 1.36. The molecule has 180 valence electrons. The molecule has 0 unspecified atom stereocenters. The van der Waals surface area contributed by atoms with Crippen molar-refractivity contribution in [2.24, 2.45) is 0 Å². The highest BCUT2D eigenvalue weighted by atomic mass is 16.1. The molecule has 2 aromatic carbocycles. The van der Waals surface area contributed by atoms with Crippen LogP contribution in [0.3, 0.4) is 0 Å². The standard InChI is InChI=1S/C27H31N7O/c1-32-14-16-33(17-15-32)19-25-26(21-6-3-2-4-7-21)31-24-18-22(8-9-23(24)30-25)27(35)29-10-5-12-34-13-11-28-20-34/h2-4,6-9,11,13,18,20H,5,10,12,14-17,19H2,1H3,(H,29,35). The van der Waals surface area contributed by atoms with Gasteiger partial charge in [-0.1, -0.05) is 30.3 Å². The smallest absolute Gasteiger partial charge is 0.251 e. The van der Waals surface area contributed by atoms with Crippen molar-refractivity contribution in [1.29, 1.82) is 0 Å². The number of rotatable bonds is 8. The minimum absolute atomic E-state index is 0.0953. The van der Waals surface area contributed by atoms with E-state index in [9.17, 15) is 4.79 Å². The van der Waals surface area contributed by atoms with Crippen LogP contribution in [0, 0.1) is 0 Å². The number of hydrogen-bond acceptors (Lipinski definition) is 6. The van der Waals surface area contributed by atoms with Gasteiger partial charge >= 0.3 is 0 Å². The molecular weight excluding hydrogens is 438 g/mol. The summed E-state index contributed by atoms with van der Waals surface area (Å²) in [4.78, 5) is 31.6. The van der Waals surface area contributed by atoms with Crippen molar-refractivity contribution in [2.75, 3.05) is 39.8 Å². The van der Waals surface area contributed by atoms with Crippen molar-refractivity contribution in [2.45, 2.75) is 19.5 Å². The van der Waals surface area contributed by atoms with Crippen molar-refractivity contribution < 1.29 is 4.79 Å². The van der Waals surface area contributed by atoms with Crippen molar-refractivity contribution in [3.05, 3.63) is 78.5 Å². The monoisotopic (exact) mass is 469 g/mol. The first kappa shape index (κ1) is 23.1. The third-order valence-corrected chi connectivity index (χ3v) is 6.45. The van der Waals surface area contributed by atoms with Crippen molar-refractivity contribution in [1.82, 2.24) is 34.6 Å². The van der Waals surface area contributed by atoms with E-state index in [2.05, 4.69) is 39.3 Å². The van der Waals surface area contributed by atoms with Crippen molar-refractivity contribution in [3.63, 3.8) is 0 Å². The summed E-state index contributed by atoms with van der Waals surface area (Å²) in [5.41, 5.74) is 5.04. The number of fused-ring (bicyclic) bond motifs is 1. The van der Waals surface area contributed by atoms with Crippen LogP contribution in [0.2, 0.25) is 0 Å². The van der Waals surface area contributed by atoms with E-state index in [1.165, 1.54) is 0 Å². The zero-order valence-electron chi connectivity index (χ0n) is 20.1. The summed E-state index contributed by atoms with van der Waals surface area (Å²) < 4.78 is 2.00. The lowest BCUT2D eigenvalue weighted by Crippen LogP contribution is -2.44. The molecule has 0 radical (unpaired) electrons. The second-order valence-electron chi connectivity index (χ2n) is 9.08. The topological polar surface area (TPSA) is 79.2 Å². The van der Waals surface area contributed by atoms with Gasteiger partial charge < -0.3 is 14.8 Å². The molecule has 35 heavy (non-hydrogen) atoms. The van der Waals surface area contributed by atoms with E-state index >= 15 is 0 Å². The third kappa shape index (κ3) is 5.72. The number of aryl methyl sites for hydroxylation is 1. The van der Waals surface area contributed by atoms with Crippen LogP contribution >= 0.6 is 0 Å². The molecule has 4 aromatic rings. The van der Waals surface area contributed by atoms with Gasteiger partial charge in [0.25, 0.3) is 5.91 Å². The number of nitrogens with zero attached hydrogens (tertiary/aromatic N) is 6. The minimum Gasteiger partial charge on any atom is -0.352 e. The van der Waals surface area contributed by atoms with Crippen molar-refractivity contribution >= 4 is 16.9 Å². The van der Waals surface area contributed by atoms with E-state index < -0.39 is 0 Å². The Bertz CT molecular complexity index is 1270. The molecule has 0 atom stereocenters. The average molecular weight is 470 g/mol. The lowest BCUT2D eigenvalue weighted by molar-refractivity contribution is 0.0953. The van der Waals surface area contributed by atoms with Gasteiger partial charge in [-0.3, -0.25) is 9.69 Å². The lowest BCUT2D eigenvalue weighted by Gasteiger charge is -2.32. The number of hydrogen-bond donors (Lipinski definition) is 1. The van der Waals surface area contributed by atoms with Gasteiger partial charge in [-0.25, -0.2) is 15.0 Å². The molecule has 1 amide bonds. The van der Waals surface area contributed by atoms with Crippen LogP contribution in [0.5, 0.6) is 0 Å². The fourth-order valence-electron chi connectivity index (χ4n) is 4.37. The van der Waals surface area contributed by atoms with Gasteiger partial charge in [-0.15, -0.1) is 0 Å². The molecule has 5 rings (SSSR count). The molecular formula is C27H31N7O. The number of benzene rings is 2. The van der Waals surface area contributed by atoms with Gasteiger partial charge in [-0.05, 0) is 31.7 Å². The Labute approximate surface area is 205 Å². The number of imidazole rings is 1. The maximum atomic E-state index is 12.8. The van der Waals surface area contributed by atoms with Crippen LogP contribution in [-0.2, 0) is 13.1 Å². The fraction of sp³-hybridized carbons (Fsp3) is 0.333. The number of likely N-dealkylation sites (N-methyl/N-ethyl adjacent to an activating group) is 1. The summed E-state index contributed by atoms with van der Waals surface area (Å²) in [6, 6.07) is 15.8. The SMILES string of the molecule is CN1CCN(Cc2nc3ccc(C(=O)NCCCn4ccnc4)cc3nc2-c2ccccc2)CC1. The van der Waals surface area contributed by atoms with Crippen LogP contribution in [0.15, 0.2) is 67.3 Å². The van der Waals surface area contributed by atoms with E-state index in [1.54, 1.807) is 12.5 Å².